The Bertz CT molecular complexity index is 2800. The van der Waals surface area contributed by atoms with Crippen LogP contribution in [0.4, 0.5) is 17.6 Å². The molecule has 1 aliphatic rings. The van der Waals surface area contributed by atoms with Crippen LogP contribution < -0.4 is 37.1 Å². The zero-order valence-corrected chi connectivity index (χ0v) is 37.9. The summed E-state index contributed by atoms with van der Waals surface area (Å²) in [4.78, 5) is 78.7. The van der Waals surface area contributed by atoms with Crippen molar-refractivity contribution in [3.05, 3.63) is 70.3 Å². The van der Waals surface area contributed by atoms with E-state index in [2.05, 4.69) is 31.0 Å². The molecule has 0 fully saturated rings. The summed E-state index contributed by atoms with van der Waals surface area (Å²) in [6, 6.07) is 9.76. The first-order valence-corrected chi connectivity index (χ1v) is 21.7. The predicted octanol–water partition coefficient (Wildman–Crippen LogP) is 3.45. The average Bonchev–Trinajstić information content (AvgIpc) is 4.00. The van der Waals surface area contributed by atoms with Crippen molar-refractivity contribution in [2.75, 3.05) is 62.9 Å². The Morgan fingerprint density at radius 1 is 0.800 bits per heavy atom. The first kappa shape index (κ1) is 45.7. The van der Waals surface area contributed by atoms with Crippen LogP contribution in [0.25, 0.3) is 22.1 Å². The highest BCUT2D eigenvalue weighted by atomic mass is 16.5. The zero-order chi connectivity index (χ0) is 46.7. The number of hydrogen-bond acceptors (Lipinski definition) is 12. The maximum atomic E-state index is 13.9. The topological polar surface area (TPSA) is 260 Å². The lowest BCUT2D eigenvalue weighted by molar-refractivity contribution is -0.121. The number of nitrogens with zero attached hydrogens (tertiary/aromatic N) is 10. The molecule has 7 rings (SSSR count). The molecule has 0 bridgehead atoms. The third kappa shape index (κ3) is 9.78. The molecular weight excluding hydrogens is 835 g/mol. The van der Waals surface area contributed by atoms with Gasteiger partial charge < -0.3 is 40.5 Å². The lowest BCUT2D eigenvalue weighted by Crippen LogP contribution is -2.34. The van der Waals surface area contributed by atoms with Crippen molar-refractivity contribution in [2.45, 2.75) is 79.1 Å². The Labute approximate surface area is 375 Å². The molecule has 6 aromatic rings. The Balaban J connectivity index is 1.25. The molecule has 2 aromatic carbocycles. The summed E-state index contributed by atoms with van der Waals surface area (Å²) in [6.45, 7) is 10.2. The van der Waals surface area contributed by atoms with Crippen LogP contribution in [0.1, 0.15) is 98.7 Å². The second-order valence-corrected chi connectivity index (χ2v) is 16.5. The van der Waals surface area contributed by atoms with Crippen molar-refractivity contribution in [3.8, 4) is 5.75 Å². The second-order valence-electron chi connectivity index (χ2n) is 16.5. The van der Waals surface area contributed by atoms with Gasteiger partial charge >= 0.3 is 0 Å². The molecule has 5 heterocycles. The SMILES string of the molecule is CCn1nc(C)cc1C(=O)Nc1nc2cc(C(N)=O)cc(OCCCNC(=O)CN(C)C)c2n1CCC[C@H]1CCN(C)c2cc(C(N)=O)cc3nc(NC(=O)c4cc(C)nn4CC)n1c23. The third-order valence-corrected chi connectivity index (χ3v) is 11.3. The van der Waals surface area contributed by atoms with E-state index < -0.39 is 17.7 Å². The van der Waals surface area contributed by atoms with Gasteiger partial charge in [-0.05, 0) is 104 Å². The molecule has 7 N–H and O–H groups in total. The number of carbonyl (C=O) groups excluding carboxylic acids is 5. The van der Waals surface area contributed by atoms with Crippen LogP contribution in [0.2, 0.25) is 0 Å². The van der Waals surface area contributed by atoms with Gasteiger partial charge in [0.2, 0.25) is 29.6 Å². The van der Waals surface area contributed by atoms with Gasteiger partial charge in [0, 0.05) is 56.9 Å². The Morgan fingerprint density at radius 2 is 1.38 bits per heavy atom. The van der Waals surface area contributed by atoms with Gasteiger partial charge in [0.25, 0.3) is 11.8 Å². The van der Waals surface area contributed by atoms with E-state index in [0.29, 0.717) is 115 Å². The highest BCUT2D eigenvalue weighted by Gasteiger charge is 2.30. The first-order chi connectivity index (χ1) is 31.1. The number of benzene rings is 2. The molecule has 0 saturated heterocycles. The number of hydrogen-bond donors (Lipinski definition) is 5. The van der Waals surface area contributed by atoms with Crippen molar-refractivity contribution in [1.29, 1.82) is 0 Å². The number of nitrogens with one attached hydrogen (secondary N) is 3. The van der Waals surface area contributed by atoms with E-state index in [0.717, 1.165) is 11.2 Å². The fourth-order valence-electron chi connectivity index (χ4n) is 8.33. The number of aromatic nitrogens is 8. The van der Waals surface area contributed by atoms with Gasteiger partial charge in [0.15, 0.2) is 0 Å². The summed E-state index contributed by atoms with van der Waals surface area (Å²) < 4.78 is 13.5. The van der Waals surface area contributed by atoms with Crippen molar-refractivity contribution in [1.82, 2.24) is 48.9 Å². The molecule has 65 heavy (non-hydrogen) atoms. The molecule has 0 radical (unpaired) electrons. The molecule has 21 nitrogen and oxygen atoms in total. The largest absolute Gasteiger partial charge is 0.491 e. The number of amides is 5. The van der Waals surface area contributed by atoms with E-state index in [1.165, 1.54) is 0 Å². The number of anilines is 3. The number of rotatable bonds is 19. The predicted molar refractivity (Wildman–Crippen MR) is 246 cm³/mol. The van der Waals surface area contributed by atoms with E-state index in [1.807, 2.05) is 58.0 Å². The summed E-state index contributed by atoms with van der Waals surface area (Å²) in [5, 5.41) is 17.8. The molecule has 1 aliphatic heterocycles. The molecule has 0 aliphatic carbocycles. The maximum absolute atomic E-state index is 13.9. The quantitative estimate of drug-likeness (QED) is 0.0733. The first-order valence-electron chi connectivity index (χ1n) is 21.7. The van der Waals surface area contributed by atoms with Gasteiger partial charge in [-0.25, -0.2) is 9.97 Å². The summed E-state index contributed by atoms with van der Waals surface area (Å²) in [6.07, 6.45) is 2.22. The van der Waals surface area contributed by atoms with Crippen molar-refractivity contribution in [3.63, 3.8) is 0 Å². The Morgan fingerprint density at radius 3 is 1.98 bits per heavy atom. The minimum atomic E-state index is -0.680. The molecule has 0 unspecified atom stereocenters. The zero-order valence-electron chi connectivity index (χ0n) is 37.9. The lowest BCUT2D eigenvalue weighted by atomic mass is 10.1. The molecule has 0 saturated carbocycles. The molecular formula is C44H57N15O6. The molecule has 344 valence electrons. The van der Waals surface area contributed by atoms with Crippen LogP contribution in [-0.4, -0.2) is 120 Å². The summed E-state index contributed by atoms with van der Waals surface area (Å²) in [5.41, 5.74) is 17.1. The molecule has 4 aromatic heterocycles. The van der Waals surface area contributed by atoms with Gasteiger partial charge in [-0.3, -0.25) is 44.0 Å². The number of aryl methyl sites for hydroxylation is 5. The average molecular weight is 892 g/mol. The minimum absolute atomic E-state index is 0.115. The van der Waals surface area contributed by atoms with E-state index in [-0.39, 0.29) is 42.5 Å². The van der Waals surface area contributed by atoms with Crippen LogP contribution in [-0.2, 0) is 24.4 Å². The fraction of sp³-hybridized carbons (Fsp3) is 0.432. The molecule has 21 heteroatoms. The second kappa shape index (κ2) is 19.2. The van der Waals surface area contributed by atoms with Gasteiger partial charge in [0.05, 0.1) is 46.8 Å². The van der Waals surface area contributed by atoms with Crippen molar-refractivity contribution in [2.24, 2.45) is 11.5 Å². The Hall–Kier alpha value is -7.29. The monoisotopic (exact) mass is 891 g/mol. The van der Waals surface area contributed by atoms with Crippen molar-refractivity contribution < 1.29 is 28.7 Å². The number of fused-ring (bicyclic) bond motifs is 1. The Kier molecular flexibility index (Phi) is 13.5. The number of carbonyl (C=O) groups is 5. The minimum Gasteiger partial charge on any atom is -0.491 e. The third-order valence-electron chi connectivity index (χ3n) is 11.3. The van der Waals surface area contributed by atoms with E-state index >= 15 is 0 Å². The van der Waals surface area contributed by atoms with Crippen LogP contribution in [0.5, 0.6) is 5.75 Å². The van der Waals surface area contributed by atoms with Gasteiger partial charge in [-0.15, -0.1) is 0 Å². The smallest absolute Gasteiger partial charge is 0.276 e. The van der Waals surface area contributed by atoms with Gasteiger partial charge in [-0.1, -0.05) is 0 Å². The number of likely N-dealkylation sites (N-methyl/N-ethyl adjacent to an activating group) is 1. The number of ether oxygens (including phenoxy) is 1. The van der Waals surface area contributed by atoms with Gasteiger partial charge in [-0.2, -0.15) is 10.2 Å². The molecule has 0 spiro atoms. The number of nitrogens with two attached hydrogens (primary N) is 2. The summed E-state index contributed by atoms with van der Waals surface area (Å²) in [7, 11) is 5.57. The molecule has 5 amide bonds. The maximum Gasteiger partial charge on any atom is 0.276 e. The van der Waals surface area contributed by atoms with E-state index in [9.17, 15) is 24.0 Å². The standard InChI is InChI=1S/C44H57N15O6/c1-8-57-33(18-25(3)52-57)41(63)50-43-48-31-21-28(40(46)62)23-35(65-17-11-14-47-36(60)24-54(5)6)38(31)56(43)15-10-12-29-13-16-55(7)32-22-27(39(45)61)20-30-37(32)59(29)44(49-30)51-42(64)34-19-26(4)53-58(34)9-2/h18-23,29H,8-17,24H2,1-7H3,(H2,45,61)(H2,46,62)(H,47,60)(H,48,50,63)(H,49,51,64)/t29-/m0/s1. The molecule has 1 atom stereocenters. The van der Waals surface area contributed by atoms with Crippen LogP contribution in [0, 0.1) is 13.8 Å². The van der Waals surface area contributed by atoms with E-state index in [1.54, 1.807) is 50.7 Å². The summed E-state index contributed by atoms with van der Waals surface area (Å²) in [5.74, 6) is -1.33. The fourth-order valence-corrected chi connectivity index (χ4v) is 8.33. The van der Waals surface area contributed by atoms with Crippen LogP contribution in [0.3, 0.4) is 0 Å². The van der Waals surface area contributed by atoms with Crippen LogP contribution in [0.15, 0.2) is 36.4 Å². The number of imidazole rings is 2. The normalized spacial score (nSPS) is 13.7. The number of primary amides is 2. The summed E-state index contributed by atoms with van der Waals surface area (Å²) >= 11 is 0. The highest BCUT2D eigenvalue weighted by Crippen LogP contribution is 2.40. The van der Waals surface area contributed by atoms with E-state index in [4.69, 9.17) is 26.2 Å². The van der Waals surface area contributed by atoms with Crippen molar-refractivity contribution >= 4 is 69.2 Å². The van der Waals surface area contributed by atoms with Gasteiger partial charge in [0.1, 0.15) is 22.7 Å². The lowest BCUT2D eigenvalue weighted by Gasteiger charge is -2.21. The van der Waals surface area contributed by atoms with Crippen LogP contribution >= 0.6 is 0 Å². The highest BCUT2D eigenvalue weighted by molar-refractivity contribution is 6.06.